The van der Waals surface area contributed by atoms with E-state index in [-0.39, 0.29) is 0 Å². The molecule has 0 aromatic carbocycles. The Morgan fingerprint density at radius 1 is 1.73 bits per heavy atom. The topological polar surface area (TPSA) is 48.1 Å². The molecule has 3 nitrogen and oxygen atoms in total. The Labute approximate surface area is 65.2 Å². The lowest BCUT2D eigenvalue weighted by Crippen LogP contribution is -1.94. The van der Waals surface area contributed by atoms with Crippen LogP contribution in [0.15, 0.2) is 12.3 Å². The van der Waals surface area contributed by atoms with Crippen molar-refractivity contribution in [3.05, 3.63) is 18.0 Å². The first-order valence-electron chi connectivity index (χ1n) is 3.04. The summed E-state index contributed by atoms with van der Waals surface area (Å²) in [5, 5.41) is 0. The van der Waals surface area contributed by atoms with Gasteiger partial charge in [0.05, 0.1) is 19.0 Å². The number of anilines is 1. The molecule has 0 atom stereocenters. The van der Waals surface area contributed by atoms with Crippen molar-refractivity contribution >= 4 is 5.69 Å². The first-order chi connectivity index (χ1) is 5.27. The summed E-state index contributed by atoms with van der Waals surface area (Å²) < 4.78 is 4.88. The van der Waals surface area contributed by atoms with Crippen LogP contribution in [0.2, 0.25) is 0 Å². The van der Waals surface area contributed by atoms with Crippen molar-refractivity contribution < 1.29 is 4.74 Å². The van der Waals surface area contributed by atoms with Crippen molar-refractivity contribution in [1.29, 1.82) is 0 Å². The van der Waals surface area contributed by atoms with Crippen LogP contribution in [-0.4, -0.2) is 12.1 Å². The first-order valence-corrected chi connectivity index (χ1v) is 3.04. The summed E-state index contributed by atoms with van der Waals surface area (Å²) >= 11 is 0. The number of hydrogen-bond donors (Lipinski definition) is 1. The molecule has 1 aromatic rings. The maximum absolute atomic E-state index is 5.52. The molecule has 0 aliphatic heterocycles. The van der Waals surface area contributed by atoms with Crippen molar-refractivity contribution in [2.24, 2.45) is 0 Å². The molecule has 0 bridgehead atoms. The van der Waals surface area contributed by atoms with E-state index in [9.17, 15) is 0 Å². The molecule has 0 unspecified atom stereocenters. The van der Waals surface area contributed by atoms with Crippen LogP contribution in [0.4, 0.5) is 5.69 Å². The Bertz CT molecular complexity index is 301. The number of aromatic nitrogens is 1. The van der Waals surface area contributed by atoms with Crippen LogP contribution in [0.1, 0.15) is 5.69 Å². The van der Waals surface area contributed by atoms with Gasteiger partial charge in [-0.15, -0.1) is 6.42 Å². The van der Waals surface area contributed by atoms with Gasteiger partial charge in [-0.05, 0) is 5.92 Å². The Morgan fingerprint density at radius 3 is 2.91 bits per heavy atom. The molecule has 1 heterocycles. The van der Waals surface area contributed by atoms with E-state index in [0.29, 0.717) is 17.1 Å². The third-order valence-corrected chi connectivity index (χ3v) is 1.26. The number of methoxy groups -OCH3 is 1. The van der Waals surface area contributed by atoms with Gasteiger partial charge in [0.1, 0.15) is 11.4 Å². The molecule has 1 rings (SSSR count). The maximum Gasteiger partial charge on any atom is 0.139 e. The summed E-state index contributed by atoms with van der Waals surface area (Å²) in [6, 6.07) is 1.64. The molecule has 0 saturated heterocycles. The average Bonchev–Trinajstić information content (AvgIpc) is 2.04. The van der Waals surface area contributed by atoms with Gasteiger partial charge in [0.15, 0.2) is 0 Å². The second-order valence-corrected chi connectivity index (χ2v) is 1.96. The molecule has 1 aromatic heterocycles. The highest BCUT2D eigenvalue weighted by atomic mass is 16.5. The van der Waals surface area contributed by atoms with Crippen LogP contribution >= 0.6 is 0 Å². The minimum atomic E-state index is 0.450. The molecule has 0 amide bonds. The van der Waals surface area contributed by atoms with Crippen molar-refractivity contribution in [1.82, 2.24) is 4.98 Å². The molecule has 3 heteroatoms. The van der Waals surface area contributed by atoms with E-state index in [1.165, 1.54) is 6.20 Å². The molecule has 11 heavy (non-hydrogen) atoms. The van der Waals surface area contributed by atoms with Crippen LogP contribution in [0.5, 0.6) is 5.75 Å². The molecular formula is C8H8N2O. The monoisotopic (exact) mass is 148 g/mol. The summed E-state index contributed by atoms with van der Waals surface area (Å²) in [7, 11) is 1.55. The highest BCUT2D eigenvalue weighted by molar-refractivity contribution is 5.53. The van der Waals surface area contributed by atoms with E-state index in [4.69, 9.17) is 16.9 Å². The molecule has 0 radical (unpaired) electrons. The fourth-order valence-corrected chi connectivity index (χ4v) is 0.694. The van der Waals surface area contributed by atoms with Crippen LogP contribution in [0.25, 0.3) is 0 Å². The van der Waals surface area contributed by atoms with Gasteiger partial charge < -0.3 is 10.5 Å². The van der Waals surface area contributed by atoms with E-state index in [1.807, 2.05) is 0 Å². The van der Waals surface area contributed by atoms with Crippen molar-refractivity contribution in [2.45, 2.75) is 0 Å². The normalized spacial score (nSPS) is 8.73. The van der Waals surface area contributed by atoms with Gasteiger partial charge >= 0.3 is 0 Å². The number of pyridine rings is 1. The maximum atomic E-state index is 5.52. The second-order valence-electron chi connectivity index (χ2n) is 1.96. The highest BCUT2D eigenvalue weighted by Crippen LogP contribution is 2.15. The average molecular weight is 148 g/mol. The van der Waals surface area contributed by atoms with Gasteiger partial charge in [0.25, 0.3) is 0 Å². The standard InChI is InChI=1S/C8H8N2O/c1-3-8-7(9)4-6(11-2)5-10-8/h1,4-5H,9H2,2H3. The molecule has 56 valence electrons. The molecule has 0 spiro atoms. The number of nitrogens with zero attached hydrogens (tertiary/aromatic N) is 1. The lowest BCUT2D eigenvalue weighted by molar-refractivity contribution is 0.413. The van der Waals surface area contributed by atoms with Crippen LogP contribution in [0.3, 0.4) is 0 Å². The van der Waals surface area contributed by atoms with Crippen LogP contribution < -0.4 is 10.5 Å². The van der Waals surface area contributed by atoms with Crippen molar-refractivity contribution in [3.8, 4) is 18.1 Å². The smallest absolute Gasteiger partial charge is 0.139 e. The summed E-state index contributed by atoms with van der Waals surface area (Å²) in [4.78, 5) is 3.88. The zero-order chi connectivity index (χ0) is 8.27. The summed E-state index contributed by atoms with van der Waals surface area (Å²) in [6.07, 6.45) is 6.64. The quantitative estimate of drug-likeness (QED) is 0.595. The molecular weight excluding hydrogens is 140 g/mol. The fraction of sp³-hybridized carbons (Fsp3) is 0.125. The lowest BCUT2D eigenvalue weighted by atomic mass is 10.3. The highest BCUT2D eigenvalue weighted by Gasteiger charge is 1.97. The van der Waals surface area contributed by atoms with E-state index < -0.39 is 0 Å². The summed E-state index contributed by atoms with van der Waals surface area (Å²) in [5.41, 5.74) is 6.44. The predicted molar refractivity (Wildman–Crippen MR) is 43.1 cm³/mol. The summed E-state index contributed by atoms with van der Waals surface area (Å²) in [5.74, 6) is 2.97. The van der Waals surface area contributed by atoms with Gasteiger partial charge in [0, 0.05) is 6.07 Å². The molecule has 2 N–H and O–H groups in total. The van der Waals surface area contributed by atoms with E-state index in [1.54, 1.807) is 13.2 Å². The first kappa shape index (κ1) is 7.42. The van der Waals surface area contributed by atoms with Gasteiger partial charge in [0.2, 0.25) is 0 Å². The zero-order valence-electron chi connectivity index (χ0n) is 6.16. The van der Waals surface area contributed by atoms with Crippen LogP contribution in [-0.2, 0) is 0 Å². The second kappa shape index (κ2) is 2.93. The zero-order valence-corrected chi connectivity index (χ0v) is 6.16. The van der Waals surface area contributed by atoms with Crippen molar-refractivity contribution in [3.63, 3.8) is 0 Å². The summed E-state index contributed by atoms with van der Waals surface area (Å²) in [6.45, 7) is 0. The Kier molecular flexibility index (Phi) is 1.98. The largest absolute Gasteiger partial charge is 0.495 e. The minimum Gasteiger partial charge on any atom is -0.495 e. The SMILES string of the molecule is C#Cc1ncc(OC)cc1N. The Morgan fingerprint density at radius 2 is 2.45 bits per heavy atom. The molecule has 0 fully saturated rings. The molecule has 0 saturated carbocycles. The van der Waals surface area contributed by atoms with E-state index >= 15 is 0 Å². The van der Waals surface area contributed by atoms with E-state index in [0.717, 1.165) is 0 Å². The van der Waals surface area contributed by atoms with Gasteiger partial charge in [-0.3, -0.25) is 0 Å². The van der Waals surface area contributed by atoms with Gasteiger partial charge in [-0.25, -0.2) is 4.98 Å². The van der Waals surface area contributed by atoms with Gasteiger partial charge in [-0.1, -0.05) is 0 Å². The number of hydrogen-bond acceptors (Lipinski definition) is 3. The van der Waals surface area contributed by atoms with Crippen LogP contribution in [0, 0.1) is 12.3 Å². The van der Waals surface area contributed by atoms with Crippen molar-refractivity contribution in [2.75, 3.05) is 12.8 Å². The minimum absolute atomic E-state index is 0.450. The lowest BCUT2D eigenvalue weighted by Gasteiger charge is -2.00. The number of nitrogen functional groups attached to an aromatic ring is 1. The fourth-order valence-electron chi connectivity index (χ4n) is 0.694. The predicted octanol–water partition coefficient (Wildman–Crippen LogP) is 0.654. The third-order valence-electron chi connectivity index (χ3n) is 1.26. The number of ether oxygens (including phenoxy) is 1. The molecule has 0 aliphatic carbocycles. The third kappa shape index (κ3) is 1.41. The molecule has 0 aliphatic rings. The van der Waals surface area contributed by atoms with Gasteiger partial charge in [-0.2, -0.15) is 0 Å². The number of rotatable bonds is 1. The Hall–Kier alpha value is -1.69. The number of terminal acetylenes is 1. The number of nitrogens with two attached hydrogens (primary N) is 1. The Balaban J connectivity index is 3.12. The van der Waals surface area contributed by atoms with E-state index in [2.05, 4.69) is 10.9 Å².